The Balaban J connectivity index is 2.67. The van der Waals surface area contributed by atoms with Gasteiger partial charge in [-0.2, -0.15) is 13.2 Å². The highest BCUT2D eigenvalue weighted by atomic mass is 19.4. The summed E-state index contributed by atoms with van der Waals surface area (Å²) in [6, 6.07) is 4.55. The van der Waals surface area contributed by atoms with Crippen molar-refractivity contribution >= 4 is 11.3 Å². The molecule has 0 aliphatic rings. The Bertz CT molecular complexity index is 574. The third-order valence-electron chi connectivity index (χ3n) is 2.28. The minimum absolute atomic E-state index is 0.0453. The Morgan fingerprint density at radius 3 is 2.71 bits per heavy atom. The fraction of sp³-hybridized carbons (Fsp3) is 0.200. The van der Waals surface area contributed by atoms with Crippen LogP contribution in [0, 0.1) is 0 Å². The van der Waals surface area contributed by atoms with E-state index >= 15 is 0 Å². The molecular formula is C10H8F3N3O. The maximum atomic E-state index is 12.3. The number of hydrogen-bond donors (Lipinski definition) is 1. The Kier molecular flexibility index (Phi) is 2.62. The number of carbonyl (C=O) groups is 1. The van der Waals surface area contributed by atoms with E-state index in [4.69, 9.17) is 5.73 Å². The topological polar surface area (TPSA) is 60.4 Å². The number of nitrogens with zero attached hydrogens (tertiary/aromatic N) is 2. The normalized spacial score (nSPS) is 12.0. The molecule has 0 aliphatic heterocycles. The van der Waals surface area contributed by atoms with Crippen molar-refractivity contribution in [3.8, 4) is 0 Å². The second-order valence-electron chi connectivity index (χ2n) is 3.36. The van der Waals surface area contributed by atoms with E-state index in [-0.39, 0.29) is 17.9 Å². The maximum Gasteiger partial charge on any atom is 0.456 e. The Morgan fingerprint density at radius 2 is 2.12 bits per heavy atom. The van der Waals surface area contributed by atoms with Crippen LogP contribution in [0.25, 0.3) is 5.52 Å². The molecule has 0 atom stereocenters. The molecule has 0 aromatic carbocycles. The number of rotatable bonds is 2. The summed E-state index contributed by atoms with van der Waals surface area (Å²) in [4.78, 5) is 14.8. The predicted octanol–water partition coefficient (Wildman–Crippen LogP) is 1.54. The molecule has 17 heavy (non-hydrogen) atoms. The van der Waals surface area contributed by atoms with Gasteiger partial charge in [0.05, 0.1) is 12.1 Å². The lowest BCUT2D eigenvalue weighted by molar-refractivity contribution is -0.0887. The van der Waals surface area contributed by atoms with Crippen LogP contribution in [-0.2, 0) is 6.54 Å². The Morgan fingerprint density at radius 1 is 1.41 bits per heavy atom. The van der Waals surface area contributed by atoms with Gasteiger partial charge in [0.2, 0.25) is 0 Å². The van der Waals surface area contributed by atoms with Gasteiger partial charge in [0.25, 0.3) is 5.78 Å². The first-order valence-electron chi connectivity index (χ1n) is 4.72. The number of halogens is 3. The second-order valence-corrected chi connectivity index (χ2v) is 3.36. The molecule has 0 bridgehead atoms. The SMILES string of the molecule is NCc1nc(C(=O)C(F)(F)F)c2ccccn12. The number of imidazole rings is 1. The lowest BCUT2D eigenvalue weighted by Crippen LogP contribution is -2.23. The van der Waals surface area contributed by atoms with Crippen molar-refractivity contribution in [3.05, 3.63) is 35.9 Å². The van der Waals surface area contributed by atoms with Crippen LogP contribution in [-0.4, -0.2) is 21.3 Å². The molecular weight excluding hydrogens is 235 g/mol. The highest BCUT2D eigenvalue weighted by molar-refractivity contribution is 6.04. The molecule has 2 N–H and O–H groups in total. The summed E-state index contributed by atoms with van der Waals surface area (Å²) >= 11 is 0. The van der Waals surface area contributed by atoms with Crippen molar-refractivity contribution in [1.29, 1.82) is 0 Å². The van der Waals surface area contributed by atoms with Crippen LogP contribution in [0.2, 0.25) is 0 Å². The van der Waals surface area contributed by atoms with E-state index in [0.29, 0.717) is 0 Å². The predicted molar refractivity (Wildman–Crippen MR) is 53.5 cm³/mol. The van der Waals surface area contributed by atoms with Crippen molar-refractivity contribution in [2.45, 2.75) is 12.7 Å². The second kappa shape index (κ2) is 3.85. The monoisotopic (exact) mass is 243 g/mol. The fourth-order valence-electron chi connectivity index (χ4n) is 1.55. The van der Waals surface area contributed by atoms with E-state index in [2.05, 4.69) is 4.98 Å². The van der Waals surface area contributed by atoms with Gasteiger partial charge in [-0.15, -0.1) is 0 Å². The number of pyridine rings is 1. The molecule has 0 unspecified atom stereocenters. The summed E-state index contributed by atoms with van der Waals surface area (Å²) < 4.78 is 38.4. The molecule has 2 rings (SSSR count). The summed E-state index contributed by atoms with van der Waals surface area (Å²) in [6.07, 6.45) is -3.42. The molecule has 0 aliphatic carbocycles. The number of Topliss-reactive ketones (excluding diaryl/α,β-unsaturated/α-hetero) is 1. The molecule has 0 fully saturated rings. The highest BCUT2D eigenvalue weighted by Crippen LogP contribution is 2.24. The summed E-state index contributed by atoms with van der Waals surface area (Å²) in [6.45, 7) is -0.0453. The molecule has 4 nitrogen and oxygen atoms in total. The van der Waals surface area contributed by atoms with Crippen molar-refractivity contribution in [2.75, 3.05) is 0 Å². The Labute approximate surface area is 93.9 Å². The third kappa shape index (κ3) is 1.89. The van der Waals surface area contributed by atoms with Gasteiger partial charge >= 0.3 is 6.18 Å². The maximum absolute atomic E-state index is 12.3. The molecule has 2 heterocycles. The van der Waals surface area contributed by atoms with Crippen molar-refractivity contribution in [3.63, 3.8) is 0 Å². The smallest absolute Gasteiger partial charge is 0.324 e. The molecule has 2 aromatic rings. The molecule has 2 aromatic heterocycles. The average molecular weight is 243 g/mol. The summed E-state index contributed by atoms with van der Waals surface area (Å²) in [5, 5.41) is 0. The number of carbonyl (C=O) groups excluding carboxylic acids is 1. The average Bonchev–Trinajstić information content (AvgIpc) is 2.65. The van der Waals surface area contributed by atoms with Crippen LogP contribution in [0.15, 0.2) is 24.4 Å². The van der Waals surface area contributed by atoms with Gasteiger partial charge in [0, 0.05) is 6.20 Å². The van der Waals surface area contributed by atoms with E-state index in [9.17, 15) is 18.0 Å². The van der Waals surface area contributed by atoms with Crippen LogP contribution in [0.3, 0.4) is 0 Å². The van der Waals surface area contributed by atoms with Crippen molar-refractivity contribution < 1.29 is 18.0 Å². The van der Waals surface area contributed by atoms with Crippen LogP contribution < -0.4 is 5.73 Å². The van der Waals surface area contributed by atoms with Crippen molar-refractivity contribution in [1.82, 2.24) is 9.38 Å². The first-order valence-corrected chi connectivity index (χ1v) is 4.72. The zero-order valence-electron chi connectivity index (χ0n) is 8.53. The van der Waals surface area contributed by atoms with Gasteiger partial charge in [0.1, 0.15) is 11.5 Å². The molecule has 0 saturated heterocycles. The number of ketones is 1. The quantitative estimate of drug-likeness (QED) is 0.814. The van der Waals surface area contributed by atoms with Gasteiger partial charge in [-0.25, -0.2) is 4.98 Å². The minimum atomic E-state index is -4.93. The van der Waals surface area contributed by atoms with Gasteiger partial charge in [-0.1, -0.05) is 6.07 Å². The van der Waals surface area contributed by atoms with Crippen LogP contribution in [0.4, 0.5) is 13.2 Å². The number of fused-ring (bicyclic) bond motifs is 1. The number of aromatic nitrogens is 2. The molecule has 90 valence electrons. The largest absolute Gasteiger partial charge is 0.456 e. The van der Waals surface area contributed by atoms with Crippen LogP contribution >= 0.6 is 0 Å². The number of nitrogens with two attached hydrogens (primary N) is 1. The first kappa shape index (κ1) is 11.6. The first-order chi connectivity index (χ1) is 7.95. The van der Waals surface area contributed by atoms with E-state index < -0.39 is 17.7 Å². The molecule has 0 radical (unpaired) electrons. The number of alkyl halides is 3. The van der Waals surface area contributed by atoms with Crippen LogP contribution in [0.1, 0.15) is 16.3 Å². The van der Waals surface area contributed by atoms with Crippen LogP contribution in [0.5, 0.6) is 0 Å². The minimum Gasteiger partial charge on any atom is -0.324 e. The third-order valence-corrected chi connectivity index (χ3v) is 2.28. The van der Waals surface area contributed by atoms with Gasteiger partial charge < -0.3 is 10.1 Å². The summed E-state index contributed by atoms with van der Waals surface area (Å²) in [7, 11) is 0. The highest BCUT2D eigenvalue weighted by Gasteiger charge is 2.41. The van der Waals surface area contributed by atoms with E-state index in [0.717, 1.165) is 0 Å². The molecule has 0 saturated carbocycles. The zero-order chi connectivity index (χ0) is 12.6. The fourth-order valence-corrected chi connectivity index (χ4v) is 1.55. The zero-order valence-corrected chi connectivity index (χ0v) is 8.53. The molecule has 7 heteroatoms. The van der Waals surface area contributed by atoms with E-state index in [1.54, 1.807) is 6.07 Å². The van der Waals surface area contributed by atoms with Gasteiger partial charge in [-0.05, 0) is 12.1 Å². The standard InChI is InChI=1S/C10H8F3N3O/c11-10(12,13)9(17)8-6-3-1-2-4-16(6)7(5-14)15-8/h1-4H,5,14H2. The van der Waals surface area contributed by atoms with Crippen molar-refractivity contribution in [2.24, 2.45) is 5.73 Å². The molecule has 0 spiro atoms. The van der Waals surface area contributed by atoms with Gasteiger partial charge in [-0.3, -0.25) is 4.79 Å². The molecule has 0 amide bonds. The lowest BCUT2D eigenvalue weighted by atomic mass is 10.2. The van der Waals surface area contributed by atoms with Gasteiger partial charge in [0.15, 0.2) is 0 Å². The number of hydrogen-bond acceptors (Lipinski definition) is 3. The summed E-state index contributed by atoms with van der Waals surface area (Å²) in [5.41, 5.74) is 4.86. The van der Waals surface area contributed by atoms with E-state index in [1.807, 2.05) is 0 Å². The summed E-state index contributed by atoms with van der Waals surface area (Å²) in [5.74, 6) is -1.74. The Hall–Kier alpha value is -1.89. The lowest BCUT2D eigenvalue weighted by Gasteiger charge is -2.02. The van der Waals surface area contributed by atoms with E-state index in [1.165, 1.54) is 22.7 Å².